The highest BCUT2D eigenvalue weighted by molar-refractivity contribution is 7.89. The van der Waals surface area contributed by atoms with E-state index in [0.29, 0.717) is 6.07 Å². The minimum absolute atomic E-state index is 0.0293. The maximum absolute atomic E-state index is 13.7. The van der Waals surface area contributed by atoms with E-state index in [1.807, 2.05) is 0 Å². The molecule has 0 amide bonds. The van der Waals surface area contributed by atoms with Gasteiger partial charge in [0, 0.05) is 13.6 Å². The molecule has 0 radical (unpaired) electrons. The highest BCUT2D eigenvalue weighted by Gasteiger charge is 2.29. The van der Waals surface area contributed by atoms with Crippen molar-refractivity contribution < 1.29 is 22.3 Å². The SMILES string of the molecule is Cc1cc(F)c(S(=O)(=O)N(C)CC(C)(C)O)cc1F. The van der Waals surface area contributed by atoms with Crippen LogP contribution in [0.3, 0.4) is 0 Å². The van der Waals surface area contributed by atoms with Crippen LogP contribution in [0.5, 0.6) is 0 Å². The third-order valence-electron chi connectivity index (χ3n) is 2.51. The molecule has 19 heavy (non-hydrogen) atoms. The van der Waals surface area contributed by atoms with Crippen LogP contribution in [-0.4, -0.2) is 37.0 Å². The Morgan fingerprint density at radius 2 is 1.79 bits per heavy atom. The van der Waals surface area contributed by atoms with Crippen molar-refractivity contribution in [3.05, 3.63) is 29.3 Å². The zero-order valence-corrected chi connectivity index (χ0v) is 12.1. The Bertz CT molecular complexity index is 579. The van der Waals surface area contributed by atoms with E-state index < -0.39 is 32.2 Å². The topological polar surface area (TPSA) is 57.6 Å². The van der Waals surface area contributed by atoms with Crippen LogP contribution in [0.4, 0.5) is 8.78 Å². The lowest BCUT2D eigenvalue weighted by Gasteiger charge is -2.25. The van der Waals surface area contributed by atoms with E-state index in [1.54, 1.807) is 0 Å². The average Bonchev–Trinajstić information content (AvgIpc) is 2.20. The fourth-order valence-corrected chi connectivity index (χ4v) is 3.00. The molecule has 0 saturated carbocycles. The van der Waals surface area contributed by atoms with Crippen LogP contribution in [0.2, 0.25) is 0 Å². The number of rotatable bonds is 4. The van der Waals surface area contributed by atoms with Gasteiger partial charge in [0.25, 0.3) is 0 Å². The molecular weight excluding hydrogens is 276 g/mol. The van der Waals surface area contributed by atoms with E-state index >= 15 is 0 Å². The number of sulfonamides is 1. The Hall–Kier alpha value is -1.05. The maximum atomic E-state index is 13.7. The van der Waals surface area contributed by atoms with Crippen molar-refractivity contribution in [2.24, 2.45) is 0 Å². The van der Waals surface area contributed by atoms with Gasteiger partial charge in [-0.05, 0) is 38.5 Å². The Balaban J connectivity index is 3.25. The molecule has 0 saturated heterocycles. The van der Waals surface area contributed by atoms with Crippen molar-refractivity contribution in [1.29, 1.82) is 0 Å². The summed E-state index contributed by atoms with van der Waals surface area (Å²) in [6, 6.07) is 1.49. The number of hydrogen-bond donors (Lipinski definition) is 1. The average molecular weight is 293 g/mol. The van der Waals surface area contributed by atoms with Crippen LogP contribution < -0.4 is 0 Å². The van der Waals surface area contributed by atoms with Gasteiger partial charge in [0.1, 0.15) is 16.5 Å². The third kappa shape index (κ3) is 3.71. The number of aryl methyl sites for hydroxylation is 1. The predicted octanol–water partition coefficient (Wildman–Crippen LogP) is 1.66. The van der Waals surface area contributed by atoms with Crippen LogP contribution in [0, 0.1) is 18.6 Å². The van der Waals surface area contributed by atoms with Crippen LogP contribution >= 0.6 is 0 Å². The molecule has 4 nitrogen and oxygen atoms in total. The van der Waals surface area contributed by atoms with Crippen LogP contribution in [0.15, 0.2) is 17.0 Å². The summed E-state index contributed by atoms with van der Waals surface area (Å²) in [5.74, 6) is -1.81. The molecule has 0 aliphatic carbocycles. The smallest absolute Gasteiger partial charge is 0.245 e. The summed E-state index contributed by atoms with van der Waals surface area (Å²) in [5, 5.41) is 9.59. The summed E-state index contributed by atoms with van der Waals surface area (Å²) in [7, 11) is -2.98. The molecule has 1 rings (SSSR count). The Morgan fingerprint density at radius 1 is 1.26 bits per heavy atom. The van der Waals surface area contributed by atoms with E-state index in [0.717, 1.165) is 10.4 Å². The van der Waals surface area contributed by atoms with Gasteiger partial charge in [0.2, 0.25) is 10.0 Å². The van der Waals surface area contributed by atoms with Gasteiger partial charge in [-0.2, -0.15) is 4.31 Å². The monoisotopic (exact) mass is 293 g/mol. The largest absolute Gasteiger partial charge is 0.389 e. The number of aliphatic hydroxyl groups is 1. The summed E-state index contributed by atoms with van der Waals surface area (Å²) in [5.41, 5.74) is -1.25. The van der Waals surface area contributed by atoms with E-state index in [9.17, 15) is 22.3 Å². The summed E-state index contributed by atoms with van der Waals surface area (Å²) >= 11 is 0. The van der Waals surface area contributed by atoms with Crippen LogP contribution in [0.1, 0.15) is 19.4 Å². The van der Waals surface area contributed by atoms with Crippen molar-refractivity contribution >= 4 is 10.0 Å². The molecule has 7 heteroatoms. The highest BCUT2D eigenvalue weighted by atomic mass is 32.2. The first kappa shape index (κ1) is 16.0. The molecule has 108 valence electrons. The molecule has 0 aliphatic heterocycles. The number of benzene rings is 1. The molecule has 1 aromatic carbocycles. The molecule has 0 atom stereocenters. The lowest BCUT2D eigenvalue weighted by Crippen LogP contribution is -2.40. The first-order valence-corrected chi connectivity index (χ1v) is 7.03. The maximum Gasteiger partial charge on any atom is 0.245 e. The van der Waals surface area contributed by atoms with Crippen LogP contribution in [-0.2, 0) is 10.0 Å². The second kappa shape index (κ2) is 5.15. The summed E-state index contributed by atoms with van der Waals surface area (Å²) in [4.78, 5) is -0.734. The van der Waals surface area contributed by atoms with Gasteiger partial charge in [-0.1, -0.05) is 0 Å². The van der Waals surface area contributed by atoms with Crippen molar-refractivity contribution in [3.63, 3.8) is 0 Å². The standard InChI is InChI=1S/C12H17F2NO3S/c1-8-5-10(14)11(6-9(8)13)19(17,18)15(4)7-12(2,3)16/h5-6,16H,7H2,1-4H3. The molecule has 0 spiro atoms. The molecule has 0 bridgehead atoms. The second-order valence-corrected chi connectivity index (χ2v) is 7.12. The van der Waals surface area contributed by atoms with Crippen molar-refractivity contribution in [2.45, 2.75) is 31.3 Å². The Labute approximate surface area is 111 Å². The molecule has 0 fully saturated rings. The highest BCUT2D eigenvalue weighted by Crippen LogP contribution is 2.22. The minimum Gasteiger partial charge on any atom is -0.389 e. The van der Waals surface area contributed by atoms with Crippen LogP contribution in [0.25, 0.3) is 0 Å². The summed E-state index contributed by atoms with van der Waals surface area (Å²) < 4.78 is 52.1. The molecule has 0 aromatic heterocycles. The number of hydrogen-bond acceptors (Lipinski definition) is 3. The normalized spacial score (nSPS) is 13.1. The Morgan fingerprint density at radius 3 is 2.26 bits per heavy atom. The molecule has 0 unspecified atom stereocenters. The second-order valence-electron chi connectivity index (χ2n) is 5.11. The van der Waals surface area contributed by atoms with E-state index in [4.69, 9.17) is 0 Å². The summed E-state index contributed by atoms with van der Waals surface area (Å²) in [6.07, 6.45) is 0. The van der Waals surface area contributed by atoms with Gasteiger partial charge in [-0.3, -0.25) is 0 Å². The van der Waals surface area contributed by atoms with Gasteiger partial charge < -0.3 is 5.11 Å². The van der Waals surface area contributed by atoms with Gasteiger partial charge in [-0.15, -0.1) is 0 Å². The lowest BCUT2D eigenvalue weighted by atomic mass is 10.1. The van der Waals surface area contributed by atoms with Crippen molar-refractivity contribution in [3.8, 4) is 0 Å². The molecular formula is C12H17F2NO3S. The summed E-state index contributed by atoms with van der Waals surface area (Å²) in [6.45, 7) is 3.95. The third-order valence-corrected chi connectivity index (χ3v) is 4.33. The lowest BCUT2D eigenvalue weighted by molar-refractivity contribution is 0.0639. The van der Waals surface area contributed by atoms with Crippen molar-refractivity contribution in [2.75, 3.05) is 13.6 Å². The Kier molecular flexibility index (Phi) is 4.33. The van der Waals surface area contributed by atoms with E-state index in [2.05, 4.69) is 0 Å². The molecule has 0 aliphatic rings. The minimum atomic E-state index is -4.18. The predicted molar refractivity (Wildman–Crippen MR) is 67.2 cm³/mol. The molecule has 0 heterocycles. The van der Waals surface area contributed by atoms with Crippen molar-refractivity contribution in [1.82, 2.24) is 4.31 Å². The number of likely N-dealkylation sites (N-methyl/N-ethyl adjacent to an activating group) is 1. The van der Waals surface area contributed by atoms with Gasteiger partial charge in [-0.25, -0.2) is 17.2 Å². The number of nitrogens with zero attached hydrogens (tertiary/aromatic N) is 1. The first-order valence-electron chi connectivity index (χ1n) is 5.59. The molecule has 1 aromatic rings. The van der Waals surface area contributed by atoms with E-state index in [1.165, 1.54) is 27.8 Å². The van der Waals surface area contributed by atoms with Gasteiger partial charge in [0.05, 0.1) is 5.60 Å². The zero-order valence-electron chi connectivity index (χ0n) is 11.2. The number of halogens is 2. The first-order chi connectivity index (χ1) is 8.45. The van der Waals surface area contributed by atoms with Gasteiger partial charge in [0.15, 0.2) is 0 Å². The van der Waals surface area contributed by atoms with Gasteiger partial charge >= 0.3 is 0 Å². The quantitative estimate of drug-likeness (QED) is 0.918. The molecule has 1 N–H and O–H groups in total. The zero-order chi connectivity index (χ0) is 15.0. The fourth-order valence-electron chi connectivity index (χ4n) is 1.62. The fraction of sp³-hybridized carbons (Fsp3) is 0.500. The van der Waals surface area contributed by atoms with E-state index in [-0.39, 0.29) is 12.1 Å².